The first-order valence-corrected chi connectivity index (χ1v) is 11.6. The third-order valence-electron chi connectivity index (χ3n) is 6.01. The number of anilines is 3. The van der Waals surface area contributed by atoms with E-state index in [2.05, 4.69) is 29.9 Å². The molecule has 1 aliphatic rings. The zero-order chi connectivity index (χ0) is 25.1. The first-order valence-electron chi connectivity index (χ1n) is 11.6. The number of aromatic nitrogens is 5. The Bertz CT molecular complexity index is 1310. The van der Waals surface area contributed by atoms with Crippen molar-refractivity contribution in [3.05, 3.63) is 42.7 Å². The molecule has 0 radical (unpaired) electrons. The number of ether oxygens (including phenoxy) is 1. The zero-order valence-electron chi connectivity index (χ0n) is 19.9. The van der Waals surface area contributed by atoms with Gasteiger partial charge in [-0.2, -0.15) is 19.5 Å². The highest BCUT2D eigenvalue weighted by atomic mass is 16.5. The minimum atomic E-state index is -0.492. The fraction of sp³-hybridized carbons (Fsp3) is 0.348. The van der Waals surface area contributed by atoms with Gasteiger partial charge >= 0.3 is 0 Å². The van der Waals surface area contributed by atoms with Gasteiger partial charge in [-0.1, -0.05) is 0 Å². The van der Waals surface area contributed by atoms with Crippen molar-refractivity contribution in [3.8, 4) is 17.3 Å². The van der Waals surface area contributed by atoms with E-state index in [1.165, 1.54) is 4.52 Å². The number of hydrogen-bond donors (Lipinski definition) is 2. The second kappa shape index (κ2) is 10.1. The normalized spacial score (nSPS) is 14.3. The lowest BCUT2D eigenvalue weighted by Crippen LogP contribution is -2.48. The maximum absolute atomic E-state index is 10.9. The summed E-state index contributed by atoms with van der Waals surface area (Å²) in [5.41, 5.74) is 12.4. The summed E-state index contributed by atoms with van der Waals surface area (Å²) in [7, 11) is 1.94. The Hall–Kier alpha value is -4.39. The van der Waals surface area contributed by atoms with Crippen molar-refractivity contribution >= 4 is 29.3 Å². The first-order chi connectivity index (χ1) is 17.5. The molecule has 4 aromatic rings. The average Bonchev–Trinajstić information content (AvgIpc) is 3.57. The number of rotatable bonds is 9. The predicted molar refractivity (Wildman–Crippen MR) is 134 cm³/mol. The second-order valence-corrected chi connectivity index (χ2v) is 8.51. The number of benzene rings is 1. The summed E-state index contributed by atoms with van der Waals surface area (Å²) in [6.07, 6.45) is 1.56. The molecule has 4 heterocycles. The van der Waals surface area contributed by atoms with E-state index in [1.807, 2.05) is 36.2 Å². The van der Waals surface area contributed by atoms with E-state index >= 15 is 0 Å². The third kappa shape index (κ3) is 5.15. The van der Waals surface area contributed by atoms with Crippen LogP contribution in [-0.4, -0.2) is 88.3 Å². The Morgan fingerprint density at radius 1 is 1.11 bits per heavy atom. The Morgan fingerprint density at radius 2 is 1.89 bits per heavy atom. The smallest absolute Gasteiger partial charge is 0.259 e. The molecule has 4 N–H and O–H groups in total. The largest absolute Gasteiger partial charge is 0.484 e. The Labute approximate surface area is 207 Å². The molecule has 1 fully saturated rings. The van der Waals surface area contributed by atoms with E-state index in [9.17, 15) is 4.79 Å². The molecule has 5 rings (SSSR count). The summed E-state index contributed by atoms with van der Waals surface area (Å²) in [5.74, 6) is 2.17. The fourth-order valence-electron chi connectivity index (χ4n) is 4.00. The van der Waals surface area contributed by atoms with E-state index in [1.54, 1.807) is 18.4 Å². The van der Waals surface area contributed by atoms with Gasteiger partial charge < -0.3 is 30.4 Å². The van der Waals surface area contributed by atoms with Gasteiger partial charge in [-0.3, -0.25) is 9.69 Å². The molecule has 1 aromatic carbocycles. The summed E-state index contributed by atoms with van der Waals surface area (Å²) in [6.45, 7) is 5.18. The van der Waals surface area contributed by atoms with E-state index in [-0.39, 0.29) is 12.6 Å². The molecule has 0 bridgehead atoms. The van der Waals surface area contributed by atoms with Crippen LogP contribution in [0.3, 0.4) is 0 Å². The fourth-order valence-corrected chi connectivity index (χ4v) is 4.00. The number of piperazine rings is 1. The van der Waals surface area contributed by atoms with Crippen LogP contribution in [0.4, 0.5) is 17.6 Å². The highest BCUT2D eigenvalue weighted by Gasteiger charge is 2.19. The number of carbonyl (C=O) groups is 1. The number of amides is 1. The molecule has 0 atom stereocenters. The number of nitrogen functional groups attached to an aromatic ring is 1. The van der Waals surface area contributed by atoms with Crippen molar-refractivity contribution in [1.29, 1.82) is 0 Å². The molecule has 188 valence electrons. The lowest BCUT2D eigenvalue weighted by atomic mass is 10.2. The Morgan fingerprint density at radius 3 is 2.58 bits per heavy atom. The number of primary amides is 1. The minimum Gasteiger partial charge on any atom is -0.484 e. The summed E-state index contributed by atoms with van der Waals surface area (Å²) in [5, 5.41) is 4.33. The van der Waals surface area contributed by atoms with Gasteiger partial charge in [-0.15, -0.1) is 5.10 Å². The lowest BCUT2D eigenvalue weighted by Gasteiger charge is -2.36. The molecular weight excluding hydrogens is 464 g/mol. The topological polar surface area (TPSA) is 157 Å². The molecule has 0 saturated carbocycles. The van der Waals surface area contributed by atoms with Crippen LogP contribution in [0.1, 0.15) is 0 Å². The number of likely N-dealkylation sites (N-methyl/N-ethyl adjacent to an activating group) is 1. The third-order valence-corrected chi connectivity index (χ3v) is 6.01. The number of furan rings is 1. The number of nitrogens with zero attached hydrogens (tertiary/aromatic N) is 8. The molecular formula is C23H28N10O3. The van der Waals surface area contributed by atoms with Gasteiger partial charge in [0.15, 0.2) is 12.4 Å². The van der Waals surface area contributed by atoms with Gasteiger partial charge in [0.25, 0.3) is 11.7 Å². The molecule has 0 aliphatic carbocycles. The number of hydrogen-bond acceptors (Lipinski definition) is 11. The van der Waals surface area contributed by atoms with Crippen LogP contribution in [0, 0.1) is 0 Å². The van der Waals surface area contributed by atoms with E-state index in [0.717, 1.165) is 45.0 Å². The van der Waals surface area contributed by atoms with Gasteiger partial charge in [0.05, 0.1) is 6.26 Å². The first kappa shape index (κ1) is 23.4. The Kier molecular flexibility index (Phi) is 6.54. The molecule has 3 aromatic heterocycles. The maximum atomic E-state index is 10.9. The second-order valence-electron chi connectivity index (χ2n) is 8.51. The maximum Gasteiger partial charge on any atom is 0.259 e. The molecule has 1 amide bonds. The van der Waals surface area contributed by atoms with Crippen molar-refractivity contribution in [3.63, 3.8) is 0 Å². The molecule has 1 aliphatic heterocycles. The van der Waals surface area contributed by atoms with Crippen LogP contribution in [0.25, 0.3) is 17.4 Å². The van der Waals surface area contributed by atoms with Crippen LogP contribution >= 0.6 is 0 Å². The van der Waals surface area contributed by atoms with Crippen molar-refractivity contribution in [2.45, 2.75) is 0 Å². The van der Waals surface area contributed by atoms with E-state index < -0.39 is 5.91 Å². The number of fused-ring (bicyclic) bond motifs is 1. The van der Waals surface area contributed by atoms with Gasteiger partial charge in [-0.25, -0.2) is 0 Å². The minimum absolute atomic E-state index is 0.122. The summed E-state index contributed by atoms with van der Waals surface area (Å²) < 4.78 is 12.1. The molecule has 0 unspecified atom stereocenters. The van der Waals surface area contributed by atoms with Gasteiger partial charge in [-0.05, 0) is 36.4 Å². The van der Waals surface area contributed by atoms with Crippen LogP contribution in [-0.2, 0) is 4.79 Å². The summed E-state index contributed by atoms with van der Waals surface area (Å²) in [4.78, 5) is 30.9. The van der Waals surface area contributed by atoms with Crippen molar-refractivity contribution < 1.29 is 13.9 Å². The van der Waals surface area contributed by atoms with Crippen LogP contribution in [0.5, 0.6) is 5.75 Å². The highest BCUT2D eigenvalue weighted by molar-refractivity contribution is 5.75. The van der Waals surface area contributed by atoms with E-state index in [4.69, 9.17) is 20.6 Å². The van der Waals surface area contributed by atoms with Crippen LogP contribution < -0.4 is 26.0 Å². The molecule has 13 nitrogen and oxygen atoms in total. The van der Waals surface area contributed by atoms with E-state index in [0.29, 0.717) is 29.1 Å². The molecule has 1 saturated heterocycles. The van der Waals surface area contributed by atoms with Gasteiger partial charge in [0, 0.05) is 52.0 Å². The van der Waals surface area contributed by atoms with Gasteiger partial charge in [0.2, 0.25) is 17.7 Å². The number of carbonyl (C=O) groups excluding carboxylic acids is 1. The predicted octanol–water partition coefficient (Wildman–Crippen LogP) is 0.484. The average molecular weight is 493 g/mol. The standard InChI is InChI=1S/C23H28N10O3/c1-30(22-27-21(25)33-23(28-22)26-20(29-33)18-3-2-14-35-18)8-9-31-10-12-32(13-11-31)16-4-6-17(7-5-16)36-15-19(24)34/h2-7,14H,8-13,15H2,1H3,(H2,24,34)(H2,25,26,27,28,29). The highest BCUT2D eigenvalue weighted by Crippen LogP contribution is 2.21. The zero-order valence-corrected chi connectivity index (χ0v) is 19.9. The molecule has 13 heteroatoms. The molecule has 36 heavy (non-hydrogen) atoms. The summed E-state index contributed by atoms with van der Waals surface area (Å²) in [6, 6.07) is 11.3. The molecule has 0 spiro atoms. The number of nitrogens with two attached hydrogens (primary N) is 2. The van der Waals surface area contributed by atoms with Crippen molar-refractivity contribution in [2.75, 3.05) is 68.5 Å². The Balaban J connectivity index is 1.14. The lowest BCUT2D eigenvalue weighted by molar-refractivity contribution is -0.119. The quantitative estimate of drug-likeness (QED) is 0.335. The monoisotopic (exact) mass is 492 g/mol. The van der Waals surface area contributed by atoms with Crippen LogP contribution in [0.2, 0.25) is 0 Å². The van der Waals surface area contributed by atoms with Crippen molar-refractivity contribution in [2.24, 2.45) is 5.73 Å². The SMILES string of the molecule is CN(CCN1CCN(c2ccc(OCC(N)=O)cc2)CC1)c1nc(N)n2nc(-c3ccco3)nc2n1. The van der Waals surface area contributed by atoms with Crippen molar-refractivity contribution in [1.82, 2.24) is 29.5 Å². The van der Waals surface area contributed by atoms with Crippen LogP contribution in [0.15, 0.2) is 47.1 Å². The summed E-state index contributed by atoms with van der Waals surface area (Å²) >= 11 is 0. The van der Waals surface area contributed by atoms with Gasteiger partial charge in [0.1, 0.15) is 5.75 Å².